The largest absolute Gasteiger partial charge is 0.244 e. The Hall–Kier alpha value is -0.830. The molecule has 0 radical (unpaired) electrons. The van der Waals surface area contributed by atoms with E-state index in [2.05, 4.69) is 30.0 Å². The van der Waals surface area contributed by atoms with Gasteiger partial charge in [-0.15, -0.1) is 24.9 Å². The second-order valence-electron chi connectivity index (χ2n) is 2.39. The zero-order valence-corrected chi connectivity index (χ0v) is 7.97. The van der Waals surface area contributed by atoms with E-state index in [0.717, 1.165) is 5.75 Å². The van der Waals surface area contributed by atoms with E-state index < -0.39 is 0 Å². The van der Waals surface area contributed by atoms with Gasteiger partial charge in [-0.3, -0.25) is 0 Å². The minimum Gasteiger partial charge on any atom is -0.244 e. The van der Waals surface area contributed by atoms with Gasteiger partial charge in [0.05, 0.1) is 5.69 Å². The molecule has 0 saturated carbocycles. The number of fused-ring (bicyclic) bond motifs is 1. The normalized spacial score (nSPS) is 19.2. The molecule has 0 aliphatic carbocycles. The second-order valence-corrected chi connectivity index (χ2v) is 3.72. The smallest absolute Gasteiger partial charge is 0.115 e. The van der Waals surface area contributed by atoms with E-state index in [1.54, 1.807) is 6.33 Å². The third-order valence-corrected chi connectivity index (χ3v) is 2.90. The molecule has 0 saturated heterocycles. The highest BCUT2D eigenvalue weighted by Crippen LogP contribution is 2.38. The van der Waals surface area contributed by atoms with Crippen molar-refractivity contribution >= 4 is 11.8 Å². The van der Waals surface area contributed by atoms with Gasteiger partial charge in [0.2, 0.25) is 0 Å². The van der Waals surface area contributed by atoms with Crippen molar-refractivity contribution in [2.75, 3.05) is 0 Å². The van der Waals surface area contributed by atoms with Crippen LogP contribution in [0.2, 0.25) is 0 Å². The lowest BCUT2D eigenvalue weighted by Gasteiger charge is -1.98. The first-order chi connectivity index (χ1) is 5.88. The summed E-state index contributed by atoms with van der Waals surface area (Å²) in [5.74, 6) is 1.08. The molecule has 1 atom stereocenters. The van der Waals surface area contributed by atoms with Gasteiger partial charge in [-0.05, 0) is 6.92 Å². The van der Waals surface area contributed by atoms with Gasteiger partial charge in [0, 0.05) is 22.8 Å². The van der Waals surface area contributed by atoms with Gasteiger partial charge in [-0.25, -0.2) is 9.97 Å². The maximum absolute atomic E-state index is 4.21. The molecule has 1 aromatic heterocycles. The molecular formula is C9H12N2S. The molecule has 0 fully saturated rings. The lowest BCUT2D eigenvalue weighted by Crippen LogP contribution is -1.90. The maximum Gasteiger partial charge on any atom is 0.115 e. The molecule has 12 heavy (non-hydrogen) atoms. The zero-order chi connectivity index (χ0) is 8.97. The summed E-state index contributed by atoms with van der Waals surface area (Å²) in [7, 11) is 0. The Kier molecular flexibility index (Phi) is 3.29. The van der Waals surface area contributed by atoms with E-state index >= 15 is 0 Å². The molecule has 0 amide bonds. The molecule has 2 nitrogen and oxygen atoms in total. The van der Waals surface area contributed by atoms with Gasteiger partial charge >= 0.3 is 0 Å². The molecule has 0 N–H and O–H groups in total. The SMILES string of the molecule is C=C.CC1SCc2cncnc21. The van der Waals surface area contributed by atoms with Gasteiger partial charge in [0.25, 0.3) is 0 Å². The van der Waals surface area contributed by atoms with Crippen molar-refractivity contribution in [3.8, 4) is 0 Å². The molecule has 1 aliphatic heterocycles. The average molecular weight is 180 g/mol. The second kappa shape index (κ2) is 4.26. The van der Waals surface area contributed by atoms with Crippen molar-refractivity contribution in [2.45, 2.75) is 17.9 Å². The summed E-state index contributed by atoms with van der Waals surface area (Å²) >= 11 is 1.92. The molecule has 0 bridgehead atoms. The lowest BCUT2D eigenvalue weighted by atomic mass is 10.2. The van der Waals surface area contributed by atoms with Gasteiger partial charge in [0.1, 0.15) is 6.33 Å². The van der Waals surface area contributed by atoms with Crippen molar-refractivity contribution < 1.29 is 0 Å². The van der Waals surface area contributed by atoms with Crippen LogP contribution in [0.15, 0.2) is 25.7 Å². The Morgan fingerprint density at radius 1 is 1.58 bits per heavy atom. The van der Waals surface area contributed by atoms with E-state index in [9.17, 15) is 0 Å². The van der Waals surface area contributed by atoms with E-state index in [1.165, 1.54) is 11.3 Å². The molecule has 0 aromatic carbocycles. The van der Waals surface area contributed by atoms with Crippen molar-refractivity contribution in [1.82, 2.24) is 9.97 Å². The van der Waals surface area contributed by atoms with Crippen LogP contribution in [0, 0.1) is 0 Å². The summed E-state index contributed by atoms with van der Waals surface area (Å²) in [5.41, 5.74) is 2.53. The average Bonchev–Trinajstić information content (AvgIpc) is 2.53. The van der Waals surface area contributed by atoms with Crippen molar-refractivity contribution in [3.63, 3.8) is 0 Å². The highest BCUT2D eigenvalue weighted by atomic mass is 32.2. The van der Waals surface area contributed by atoms with E-state index in [0.29, 0.717) is 5.25 Å². The zero-order valence-electron chi connectivity index (χ0n) is 7.16. The predicted octanol–water partition coefficient (Wildman–Crippen LogP) is 2.59. The fourth-order valence-electron chi connectivity index (χ4n) is 1.14. The molecule has 0 spiro atoms. The molecule has 64 valence electrons. The molecule has 1 unspecified atom stereocenters. The Bertz CT molecular complexity index is 262. The summed E-state index contributed by atoms with van der Waals surface area (Å²) in [6, 6.07) is 0. The summed E-state index contributed by atoms with van der Waals surface area (Å²) < 4.78 is 0. The molecular weight excluding hydrogens is 168 g/mol. The Balaban J connectivity index is 0.000000336. The molecule has 2 heterocycles. The predicted molar refractivity (Wildman–Crippen MR) is 53.0 cm³/mol. The topological polar surface area (TPSA) is 25.8 Å². The lowest BCUT2D eigenvalue weighted by molar-refractivity contribution is 0.975. The van der Waals surface area contributed by atoms with E-state index in [1.807, 2.05) is 18.0 Å². The summed E-state index contributed by atoms with van der Waals surface area (Å²) in [4.78, 5) is 8.17. The highest BCUT2D eigenvalue weighted by molar-refractivity contribution is 7.99. The minimum absolute atomic E-state index is 0.568. The third-order valence-electron chi connectivity index (χ3n) is 1.70. The number of rotatable bonds is 0. The first-order valence-corrected chi connectivity index (χ1v) is 4.83. The quantitative estimate of drug-likeness (QED) is 0.574. The highest BCUT2D eigenvalue weighted by Gasteiger charge is 2.19. The van der Waals surface area contributed by atoms with Crippen LogP contribution < -0.4 is 0 Å². The first-order valence-electron chi connectivity index (χ1n) is 3.78. The Labute approximate surface area is 77.1 Å². The van der Waals surface area contributed by atoms with Gasteiger partial charge in [0.15, 0.2) is 0 Å². The van der Waals surface area contributed by atoms with Crippen LogP contribution in [0.5, 0.6) is 0 Å². The monoisotopic (exact) mass is 180 g/mol. The van der Waals surface area contributed by atoms with E-state index in [-0.39, 0.29) is 0 Å². The minimum atomic E-state index is 0.568. The fraction of sp³-hybridized carbons (Fsp3) is 0.333. The maximum atomic E-state index is 4.21. The van der Waals surface area contributed by atoms with Gasteiger partial charge in [-0.1, -0.05) is 0 Å². The molecule has 3 heteroatoms. The van der Waals surface area contributed by atoms with Crippen LogP contribution in [0.25, 0.3) is 0 Å². The molecule has 1 aromatic rings. The summed E-state index contributed by atoms with van der Waals surface area (Å²) in [6.07, 6.45) is 3.54. The number of nitrogens with zero attached hydrogens (tertiary/aromatic N) is 2. The Morgan fingerprint density at radius 2 is 2.33 bits per heavy atom. The molecule has 1 aliphatic rings. The van der Waals surface area contributed by atoms with Crippen LogP contribution in [-0.2, 0) is 5.75 Å². The van der Waals surface area contributed by atoms with Gasteiger partial charge in [-0.2, -0.15) is 0 Å². The van der Waals surface area contributed by atoms with Gasteiger partial charge < -0.3 is 0 Å². The molecule has 2 rings (SSSR count). The number of aromatic nitrogens is 2. The Morgan fingerprint density at radius 3 is 3.00 bits per heavy atom. The number of thioether (sulfide) groups is 1. The van der Waals surface area contributed by atoms with Crippen molar-refractivity contribution in [1.29, 1.82) is 0 Å². The van der Waals surface area contributed by atoms with Crippen LogP contribution in [0.4, 0.5) is 0 Å². The van der Waals surface area contributed by atoms with Crippen molar-refractivity contribution in [2.24, 2.45) is 0 Å². The van der Waals surface area contributed by atoms with Crippen LogP contribution in [0.3, 0.4) is 0 Å². The van der Waals surface area contributed by atoms with E-state index in [4.69, 9.17) is 0 Å². The summed E-state index contributed by atoms with van der Waals surface area (Å²) in [5, 5.41) is 0.568. The first kappa shape index (κ1) is 9.26. The standard InChI is InChI=1S/C7H8N2S.C2H4/c1-5-7-6(3-10-5)2-8-4-9-7;1-2/h2,4-5H,3H2,1H3;1-2H2. The van der Waals surface area contributed by atoms with Crippen molar-refractivity contribution in [3.05, 3.63) is 36.9 Å². The number of hydrogen-bond donors (Lipinski definition) is 0. The van der Waals surface area contributed by atoms with Crippen LogP contribution in [0.1, 0.15) is 23.4 Å². The van der Waals surface area contributed by atoms with Crippen LogP contribution in [-0.4, -0.2) is 9.97 Å². The number of hydrogen-bond acceptors (Lipinski definition) is 3. The fourth-order valence-corrected chi connectivity index (χ4v) is 2.16. The summed E-state index contributed by atoms with van der Waals surface area (Å²) in [6.45, 7) is 8.18. The third kappa shape index (κ3) is 1.67. The van der Waals surface area contributed by atoms with Crippen LogP contribution >= 0.6 is 11.8 Å².